The zero-order chi connectivity index (χ0) is 29.3. The van der Waals surface area contributed by atoms with E-state index in [4.69, 9.17) is 19.0 Å². The van der Waals surface area contributed by atoms with Crippen molar-refractivity contribution in [3.05, 3.63) is 54.2 Å². The molecule has 1 aliphatic carbocycles. The van der Waals surface area contributed by atoms with Crippen LogP contribution in [0.1, 0.15) is 56.8 Å². The van der Waals surface area contributed by atoms with Gasteiger partial charge in [0.25, 0.3) is 0 Å². The molecule has 4 aliphatic rings. The van der Waals surface area contributed by atoms with Crippen LogP contribution in [-0.2, 0) is 14.3 Å². The molecule has 226 valence electrons. The molecule has 4 fully saturated rings. The third-order valence-electron chi connectivity index (χ3n) is 8.58. The van der Waals surface area contributed by atoms with Gasteiger partial charge in [0, 0.05) is 70.1 Å². The van der Waals surface area contributed by atoms with E-state index in [1.165, 1.54) is 0 Å². The number of ether oxygens (including phenoxy) is 3. The fourth-order valence-corrected chi connectivity index (χ4v) is 6.31. The third-order valence-corrected chi connectivity index (χ3v) is 8.58. The van der Waals surface area contributed by atoms with Gasteiger partial charge in [-0.15, -0.1) is 5.06 Å². The van der Waals surface area contributed by atoms with Crippen LogP contribution in [0, 0.1) is 11.8 Å². The molecule has 10 heteroatoms. The van der Waals surface area contributed by atoms with Gasteiger partial charge in [-0.25, -0.2) is 14.6 Å². The Morgan fingerprint density at radius 3 is 2.24 bits per heavy atom. The van der Waals surface area contributed by atoms with Crippen molar-refractivity contribution >= 4 is 17.7 Å². The fourth-order valence-electron chi connectivity index (χ4n) is 6.31. The Balaban J connectivity index is 0.908. The van der Waals surface area contributed by atoms with Gasteiger partial charge in [-0.2, -0.15) is 0 Å². The van der Waals surface area contributed by atoms with Crippen molar-refractivity contribution in [3.63, 3.8) is 0 Å². The molecule has 0 radical (unpaired) electrons. The summed E-state index contributed by atoms with van der Waals surface area (Å²) in [6.07, 6.45) is 5.40. The quantitative estimate of drug-likeness (QED) is 0.469. The SMILES string of the molecule is CC(C)(C)OC(=O)N1CCC(O[C@H]2C[C@H](Oc3cc(N4C[C@H]5CN(OC(=O)c6ccccc6)C[C@H]5C4)ccn3)C2)CC1. The summed E-state index contributed by atoms with van der Waals surface area (Å²) < 4.78 is 18.0. The number of carbonyl (C=O) groups excluding carboxylic acids is 2. The van der Waals surface area contributed by atoms with Gasteiger partial charge in [0.2, 0.25) is 5.88 Å². The number of anilines is 1. The fraction of sp³-hybridized carbons (Fsp3) is 0.594. The number of pyridine rings is 1. The van der Waals surface area contributed by atoms with E-state index < -0.39 is 5.60 Å². The lowest BCUT2D eigenvalue weighted by atomic mass is 9.91. The predicted molar refractivity (Wildman–Crippen MR) is 156 cm³/mol. The molecule has 3 saturated heterocycles. The van der Waals surface area contributed by atoms with Gasteiger partial charge >= 0.3 is 12.1 Å². The molecular weight excluding hydrogens is 536 g/mol. The largest absolute Gasteiger partial charge is 0.474 e. The zero-order valence-corrected chi connectivity index (χ0v) is 24.8. The van der Waals surface area contributed by atoms with E-state index in [0.717, 1.165) is 57.5 Å². The average molecular weight is 579 g/mol. The first-order valence-electron chi connectivity index (χ1n) is 15.2. The second-order valence-electron chi connectivity index (χ2n) is 13.0. The second-order valence-corrected chi connectivity index (χ2v) is 13.0. The molecule has 1 aromatic carbocycles. The van der Waals surface area contributed by atoms with Crippen molar-refractivity contribution in [1.29, 1.82) is 0 Å². The van der Waals surface area contributed by atoms with Crippen LogP contribution in [-0.4, -0.2) is 90.2 Å². The van der Waals surface area contributed by atoms with Gasteiger partial charge in [-0.05, 0) is 63.6 Å². The molecule has 42 heavy (non-hydrogen) atoms. The maximum atomic E-state index is 12.4. The number of fused-ring (bicyclic) bond motifs is 1. The monoisotopic (exact) mass is 578 g/mol. The van der Waals surface area contributed by atoms with Crippen molar-refractivity contribution in [2.24, 2.45) is 11.8 Å². The highest BCUT2D eigenvalue weighted by Crippen LogP contribution is 2.36. The Kier molecular flexibility index (Phi) is 8.27. The molecule has 1 amide bonds. The third kappa shape index (κ3) is 6.98. The molecule has 0 N–H and O–H groups in total. The van der Waals surface area contributed by atoms with E-state index in [1.54, 1.807) is 17.0 Å². The first-order chi connectivity index (χ1) is 20.2. The van der Waals surface area contributed by atoms with E-state index in [9.17, 15) is 9.59 Å². The van der Waals surface area contributed by atoms with Crippen LogP contribution in [0.3, 0.4) is 0 Å². The first-order valence-corrected chi connectivity index (χ1v) is 15.2. The number of amides is 1. The van der Waals surface area contributed by atoms with Crippen molar-refractivity contribution in [2.75, 3.05) is 44.2 Å². The van der Waals surface area contributed by atoms with Crippen LogP contribution in [0.2, 0.25) is 0 Å². The highest BCUT2D eigenvalue weighted by atomic mass is 16.7. The van der Waals surface area contributed by atoms with Crippen LogP contribution < -0.4 is 9.64 Å². The van der Waals surface area contributed by atoms with Crippen molar-refractivity contribution < 1.29 is 28.6 Å². The van der Waals surface area contributed by atoms with Gasteiger partial charge in [0.05, 0.1) is 17.8 Å². The molecule has 0 spiro atoms. The smallest absolute Gasteiger partial charge is 0.410 e. The summed E-state index contributed by atoms with van der Waals surface area (Å²) in [4.78, 5) is 39.0. The number of likely N-dealkylation sites (tertiary alicyclic amines) is 1. The maximum absolute atomic E-state index is 12.4. The number of hydrogen-bond acceptors (Lipinski definition) is 9. The molecule has 1 aromatic heterocycles. The summed E-state index contributed by atoms with van der Waals surface area (Å²) in [5, 5.41) is 1.82. The van der Waals surface area contributed by atoms with Gasteiger partial charge in [0.15, 0.2) is 0 Å². The van der Waals surface area contributed by atoms with Crippen LogP contribution in [0.4, 0.5) is 10.5 Å². The number of hydrogen-bond donors (Lipinski definition) is 0. The van der Waals surface area contributed by atoms with E-state index in [1.807, 2.05) is 62.4 Å². The Bertz CT molecular complexity index is 1230. The minimum Gasteiger partial charge on any atom is -0.474 e. The first kappa shape index (κ1) is 28.7. The number of benzene rings is 1. The Labute approximate surface area is 247 Å². The summed E-state index contributed by atoms with van der Waals surface area (Å²) in [5.41, 5.74) is 1.22. The number of nitrogens with zero attached hydrogens (tertiary/aromatic N) is 4. The highest BCUT2D eigenvalue weighted by Gasteiger charge is 2.42. The topological polar surface area (TPSA) is 93.7 Å². The van der Waals surface area contributed by atoms with E-state index in [2.05, 4.69) is 9.88 Å². The molecule has 10 nitrogen and oxygen atoms in total. The Hall–Kier alpha value is -3.37. The second kappa shape index (κ2) is 12.1. The predicted octanol–water partition coefficient (Wildman–Crippen LogP) is 4.55. The van der Waals surface area contributed by atoms with Gasteiger partial charge in [-0.3, -0.25) is 0 Å². The normalized spacial score (nSPS) is 26.5. The molecule has 6 rings (SSSR count). The number of carbonyl (C=O) groups is 2. The molecule has 3 aliphatic heterocycles. The minimum absolute atomic E-state index is 0.102. The lowest BCUT2D eigenvalue weighted by molar-refractivity contribution is -0.110. The van der Waals surface area contributed by atoms with Gasteiger partial charge < -0.3 is 28.8 Å². The maximum Gasteiger partial charge on any atom is 0.410 e. The molecule has 1 saturated carbocycles. The van der Waals surface area contributed by atoms with Gasteiger partial charge in [0.1, 0.15) is 11.7 Å². The number of rotatable bonds is 7. The molecule has 0 bridgehead atoms. The zero-order valence-electron chi connectivity index (χ0n) is 24.8. The Morgan fingerprint density at radius 1 is 0.881 bits per heavy atom. The molecule has 2 atom stereocenters. The van der Waals surface area contributed by atoms with E-state index in [0.29, 0.717) is 36.4 Å². The molecule has 2 aromatic rings. The van der Waals surface area contributed by atoms with Crippen molar-refractivity contribution in [2.45, 2.75) is 70.4 Å². The van der Waals surface area contributed by atoms with E-state index >= 15 is 0 Å². The summed E-state index contributed by atoms with van der Waals surface area (Å²) in [5.74, 6) is 1.26. The lowest BCUT2D eigenvalue weighted by Gasteiger charge is -2.39. The number of hydroxylamine groups is 2. The van der Waals surface area contributed by atoms with Crippen LogP contribution in [0.5, 0.6) is 5.88 Å². The highest BCUT2D eigenvalue weighted by molar-refractivity contribution is 5.89. The van der Waals surface area contributed by atoms with Crippen LogP contribution in [0.25, 0.3) is 0 Å². The lowest BCUT2D eigenvalue weighted by Crippen LogP contribution is -2.46. The number of piperidine rings is 1. The summed E-state index contributed by atoms with van der Waals surface area (Å²) >= 11 is 0. The average Bonchev–Trinajstić information content (AvgIpc) is 3.51. The molecule has 4 heterocycles. The van der Waals surface area contributed by atoms with E-state index in [-0.39, 0.29) is 30.4 Å². The van der Waals surface area contributed by atoms with Crippen LogP contribution in [0.15, 0.2) is 48.7 Å². The van der Waals surface area contributed by atoms with Crippen molar-refractivity contribution in [1.82, 2.24) is 14.9 Å². The Morgan fingerprint density at radius 2 is 1.57 bits per heavy atom. The number of aromatic nitrogens is 1. The van der Waals surface area contributed by atoms with Crippen LogP contribution >= 0.6 is 0 Å². The molecule has 0 unspecified atom stereocenters. The van der Waals surface area contributed by atoms with Gasteiger partial charge in [-0.1, -0.05) is 18.2 Å². The summed E-state index contributed by atoms with van der Waals surface area (Å²) in [7, 11) is 0. The summed E-state index contributed by atoms with van der Waals surface area (Å²) in [6, 6.07) is 13.2. The standard InChI is InChI=1S/C32H42N4O6/c1-32(2,3)41-31(38)34-13-10-26(11-14-34)39-27-16-28(17-27)40-29-15-25(9-12-33-29)35-18-23-20-36(21-24(23)19-35)42-30(37)22-7-5-4-6-8-22/h4-9,12,15,23-24,26-28H,10-11,13-14,16-21H2,1-3H3/t23-,24+,27-,28-. The summed E-state index contributed by atoms with van der Waals surface area (Å²) in [6.45, 7) is 10.3. The van der Waals surface area contributed by atoms with Crippen molar-refractivity contribution in [3.8, 4) is 5.88 Å². The molecular formula is C32H42N4O6. The minimum atomic E-state index is -0.476.